The van der Waals surface area contributed by atoms with Crippen molar-refractivity contribution in [1.29, 1.82) is 0 Å². The van der Waals surface area contributed by atoms with E-state index in [4.69, 9.17) is 4.74 Å². The highest BCUT2D eigenvalue weighted by Gasteiger charge is 2.10. The van der Waals surface area contributed by atoms with Crippen LogP contribution in [0, 0.1) is 6.92 Å². The highest BCUT2D eigenvalue weighted by Crippen LogP contribution is 2.21. The molecule has 1 unspecified atom stereocenters. The van der Waals surface area contributed by atoms with Gasteiger partial charge in [0.2, 0.25) is 0 Å². The minimum Gasteiger partial charge on any atom is -0.494 e. The fourth-order valence-electron chi connectivity index (χ4n) is 2.05. The van der Waals surface area contributed by atoms with Crippen LogP contribution in [0.1, 0.15) is 23.5 Å². The fraction of sp³-hybridized carbons (Fsp3) is 0.294. The van der Waals surface area contributed by atoms with Gasteiger partial charge in [0.1, 0.15) is 5.75 Å². The van der Waals surface area contributed by atoms with Crippen molar-refractivity contribution in [1.82, 2.24) is 0 Å². The van der Waals surface area contributed by atoms with Crippen LogP contribution in [0.3, 0.4) is 0 Å². The Morgan fingerprint density at radius 1 is 1.05 bits per heavy atom. The van der Waals surface area contributed by atoms with E-state index in [0.29, 0.717) is 6.61 Å². The molecule has 1 N–H and O–H groups in total. The van der Waals surface area contributed by atoms with E-state index in [1.54, 1.807) is 0 Å². The highest BCUT2D eigenvalue weighted by atomic mass is 79.9. The van der Waals surface area contributed by atoms with Crippen LogP contribution in [-0.2, 0) is 0 Å². The van der Waals surface area contributed by atoms with Crippen LogP contribution in [0.2, 0.25) is 0 Å². The minimum absolute atomic E-state index is 0.131. The zero-order valence-electron chi connectivity index (χ0n) is 11.6. The quantitative estimate of drug-likeness (QED) is 0.853. The standard InChI is InChI=1S/C17H19BrO2/c1-13-2-4-14(5-3-13)15(12-19)10-11-20-17-8-6-16(18)7-9-17/h2-9,15,19H,10-12H2,1H3. The Morgan fingerprint density at radius 3 is 2.30 bits per heavy atom. The maximum Gasteiger partial charge on any atom is 0.119 e. The van der Waals surface area contributed by atoms with Crippen LogP contribution in [-0.4, -0.2) is 18.3 Å². The van der Waals surface area contributed by atoms with Crippen LogP contribution in [0.15, 0.2) is 53.0 Å². The summed E-state index contributed by atoms with van der Waals surface area (Å²) in [5, 5.41) is 9.52. The third-order valence-electron chi connectivity index (χ3n) is 3.32. The molecule has 1 atom stereocenters. The average molecular weight is 335 g/mol. The molecule has 0 saturated heterocycles. The number of halogens is 1. The monoisotopic (exact) mass is 334 g/mol. The summed E-state index contributed by atoms with van der Waals surface area (Å²) in [7, 11) is 0. The molecule has 0 spiro atoms. The lowest BCUT2D eigenvalue weighted by Gasteiger charge is -2.15. The lowest BCUT2D eigenvalue weighted by atomic mass is 9.96. The second-order valence-electron chi connectivity index (χ2n) is 4.88. The summed E-state index contributed by atoms with van der Waals surface area (Å²) in [5.41, 5.74) is 2.40. The molecule has 0 amide bonds. The maximum absolute atomic E-state index is 9.52. The number of aryl methyl sites for hydroxylation is 1. The van der Waals surface area contributed by atoms with Crippen molar-refractivity contribution < 1.29 is 9.84 Å². The van der Waals surface area contributed by atoms with Gasteiger partial charge in [-0.1, -0.05) is 45.8 Å². The number of benzene rings is 2. The molecular formula is C17H19BrO2. The summed E-state index contributed by atoms with van der Waals surface area (Å²) in [6.45, 7) is 2.81. The van der Waals surface area contributed by atoms with Gasteiger partial charge < -0.3 is 9.84 Å². The summed E-state index contributed by atoms with van der Waals surface area (Å²) in [6, 6.07) is 16.1. The molecule has 2 rings (SSSR count). The van der Waals surface area contributed by atoms with E-state index in [2.05, 4.69) is 47.1 Å². The Hall–Kier alpha value is -1.32. The minimum atomic E-state index is 0.131. The SMILES string of the molecule is Cc1ccc(C(CO)CCOc2ccc(Br)cc2)cc1. The topological polar surface area (TPSA) is 29.5 Å². The molecule has 2 aromatic rings. The molecule has 106 valence electrons. The summed E-state index contributed by atoms with van der Waals surface area (Å²) >= 11 is 3.40. The molecule has 0 aliphatic heterocycles. The molecule has 3 heteroatoms. The summed E-state index contributed by atoms with van der Waals surface area (Å²) in [6.07, 6.45) is 0.801. The molecule has 0 aromatic heterocycles. The molecule has 0 aliphatic carbocycles. The number of rotatable bonds is 6. The molecule has 0 bridgehead atoms. The van der Waals surface area contributed by atoms with Crippen molar-refractivity contribution in [3.8, 4) is 5.75 Å². The summed E-state index contributed by atoms with van der Waals surface area (Å²) in [5.74, 6) is 0.986. The van der Waals surface area contributed by atoms with Gasteiger partial charge in [-0.15, -0.1) is 0 Å². The highest BCUT2D eigenvalue weighted by molar-refractivity contribution is 9.10. The Bertz CT molecular complexity index is 520. The van der Waals surface area contributed by atoms with Gasteiger partial charge >= 0.3 is 0 Å². The molecule has 0 fully saturated rings. The van der Waals surface area contributed by atoms with Crippen LogP contribution in [0.5, 0.6) is 5.75 Å². The Labute approximate surface area is 128 Å². The largest absolute Gasteiger partial charge is 0.494 e. The predicted molar refractivity (Wildman–Crippen MR) is 85.3 cm³/mol. The Kier molecular flexibility index (Phi) is 5.62. The van der Waals surface area contributed by atoms with Crippen molar-refractivity contribution >= 4 is 15.9 Å². The second-order valence-corrected chi connectivity index (χ2v) is 5.80. The number of hydrogen-bond donors (Lipinski definition) is 1. The van der Waals surface area contributed by atoms with E-state index < -0.39 is 0 Å². The van der Waals surface area contributed by atoms with Crippen LogP contribution < -0.4 is 4.74 Å². The van der Waals surface area contributed by atoms with Gasteiger partial charge in [0.25, 0.3) is 0 Å². The molecule has 0 radical (unpaired) electrons. The zero-order chi connectivity index (χ0) is 14.4. The molecule has 0 heterocycles. The van der Waals surface area contributed by atoms with Crippen molar-refractivity contribution in [2.45, 2.75) is 19.3 Å². The van der Waals surface area contributed by atoms with Gasteiger partial charge in [-0.05, 0) is 43.2 Å². The second kappa shape index (κ2) is 7.46. The third-order valence-corrected chi connectivity index (χ3v) is 3.85. The summed E-state index contributed by atoms with van der Waals surface area (Å²) < 4.78 is 6.75. The van der Waals surface area contributed by atoms with E-state index >= 15 is 0 Å². The molecule has 0 aliphatic rings. The number of hydrogen-bond acceptors (Lipinski definition) is 2. The van der Waals surface area contributed by atoms with Gasteiger partial charge in [0, 0.05) is 10.4 Å². The lowest BCUT2D eigenvalue weighted by Crippen LogP contribution is -2.09. The van der Waals surface area contributed by atoms with Gasteiger partial charge in [-0.3, -0.25) is 0 Å². The molecule has 20 heavy (non-hydrogen) atoms. The van der Waals surface area contributed by atoms with E-state index in [1.165, 1.54) is 5.56 Å². The Morgan fingerprint density at radius 2 is 1.70 bits per heavy atom. The molecule has 2 nitrogen and oxygen atoms in total. The van der Waals surface area contributed by atoms with Gasteiger partial charge in [-0.25, -0.2) is 0 Å². The van der Waals surface area contributed by atoms with Gasteiger partial charge in [0.05, 0.1) is 13.2 Å². The van der Waals surface area contributed by atoms with Crippen molar-refractivity contribution in [3.05, 3.63) is 64.1 Å². The summed E-state index contributed by atoms with van der Waals surface area (Å²) in [4.78, 5) is 0. The van der Waals surface area contributed by atoms with E-state index in [0.717, 1.165) is 22.2 Å². The van der Waals surface area contributed by atoms with Crippen molar-refractivity contribution in [2.75, 3.05) is 13.2 Å². The normalized spacial score (nSPS) is 12.2. The van der Waals surface area contributed by atoms with Crippen LogP contribution in [0.4, 0.5) is 0 Å². The number of ether oxygens (including phenoxy) is 1. The fourth-order valence-corrected chi connectivity index (χ4v) is 2.32. The lowest BCUT2D eigenvalue weighted by molar-refractivity contribution is 0.229. The van der Waals surface area contributed by atoms with E-state index in [-0.39, 0.29) is 12.5 Å². The number of aliphatic hydroxyl groups excluding tert-OH is 1. The first-order chi connectivity index (χ1) is 9.69. The smallest absolute Gasteiger partial charge is 0.119 e. The van der Waals surface area contributed by atoms with Crippen molar-refractivity contribution in [2.24, 2.45) is 0 Å². The molecule has 0 saturated carbocycles. The average Bonchev–Trinajstić information content (AvgIpc) is 2.47. The predicted octanol–water partition coefficient (Wildman–Crippen LogP) is 4.30. The molecular weight excluding hydrogens is 316 g/mol. The number of aliphatic hydroxyl groups is 1. The van der Waals surface area contributed by atoms with E-state index in [9.17, 15) is 5.11 Å². The first-order valence-corrected chi connectivity index (χ1v) is 7.54. The van der Waals surface area contributed by atoms with Crippen molar-refractivity contribution in [3.63, 3.8) is 0 Å². The van der Waals surface area contributed by atoms with Gasteiger partial charge in [-0.2, -0.15) is 0 Å². The Balaban J connectivity index is 1.87. The van der Waals surface area contributed by atoms with E-state index in [1.807, 2.05) is 24.3 Å². The first-order valence-electron chi connectivity index (χ1n) is 6.75. The maximum atomic E-state index is 9.52. The first kappa shape index (κ1) is 15.1. The van der Waals surface area contributed by atoms with Crippen LogP contribution >= 0.6 is 15.9 Å². The third kappa shape index (κ3) is 4.36. The zero-order valence-corrected chi connectivity index (χ0v) is 13.1. The van der Waals surface area contributed by atoms with Gasteiger partial charge in [0.15, 0.2) is 0 Å². The molecule has 2 aromatic carbocycles. The van der Waals surface area contributed by atoms with Crippen LogP contribution in [0.25, 0.3) is 0 Å².